The molecule has 0 atom stereocenters. The molecule has 0 saturated carbocycles. The molecule has 1 aliphatic rings. The van der Waals surface area contributed by atoms with E-state index in [-0.39, 0.29) is 5.91 Å². The Bertz CT molecular complexity index is 1200. The first-order chi connectivity index (χ1) is 16.9. The van der Waals surface area contributed by atoms with Gasteiger partial charge in [-0.3, -0.25) is 9.69 Å². The predicted molar refractivity (Wildman–Crippen MR) is 156 cm³/mol. The summed E-state index contributed by atoms with van der Waals surface area (Å²) in [7, 11) is 0. The van der Waals surface area contributed by atoms with E-state index >= 15 is 0 Å². The lowest BCUT2D eigenvalue weighted by atomic mass is 10.1. The highest BCUT2D eigenvalue weighted by Crippen LogP contribution is 2.30. The van der Waals surface area contributed by atoms with Gasteiger partial charge in [-0.2, -0.15) is 0 Å². The number of carbonyl (C=O) groups is 2. The lowest BCUT2D eigenvalue weighted by Crippen LogP contribution is -2.46. The first-order valence-electron chi connectivity index (χ1n) is 11.5. The monoisotopic (exact) mass is 695 g/mol. The summed E-state index contributed by atoms with van der Waals surface area (Å²) in [6, 6.07) is 21.7. The topological polar surface area (TPSA) is 61.9 Å². The zero-order chi connectivity index (χ0) is 24.8. The van der Waals surface area contributed by atoms with Gasteiger partial charge >= 0.3 is 5.97 Å². The van der Waals surface area contributed by atoms with E-state index in [1.54, 1.807) is 19.1 Å². The van der Waals surface area contributed by atoms with E-state index in [1.165, 1.54) is 5.56 Å². The number of nitrogens with zero attached hydrogens (tertiary/aromatic N) is 2. The zero-order valence-electron chi connectivity index (χ0n) is 19.5. The van der Waals surface area contributed by atoms with Crippen molar-refractivity contribution in [3.05, 3.63) is 90.6 Å². The van der Waals surface area contributed by atoms with Crippen molar-refractivity contribution in [2.24, 2.45) is 0 Å². The lowest BCUT2D eigenvalue weighted by molar-refractivity contribution is 0.0526. The minimum absolute atomic E-state index is 0.196. The molecule has 0 bridgehead atoms. The Kier molecular flexibility index (Phi) is 9.01. The average Bonchev–Trinajstić information content (AvgIpc) is 2.87. The molecular weight excluding hydrogens is 668 g/mol. The quantitative estimate of drug-likeness (QED) is 0.256. The number of nitrogens with one attached hydrogen (secondary N) is 1. The highest BCUT2D eigenvalue weighted by molar-refractivity contribution is 14.1. The van der Waals surface area contributed by atoms with Gasteiger partial charge in [0.25, 0.3) is 5.91 Å². The Morgan fingerprint density at radius 2 is 1.69 bits per heavy atom. The maximum Gasteiger partial charge on any atom is 0.338 e. The molecule has 1 amide bonds. The van der Waals surface area contributed by atoms with Crippen LogP contribution in [0.15, 0.2) is 66.7 Å². The minimum atomic E-state index is -0.397. The molecule has 4 rings (SSSR count). The number of hydrogen-bond acceptors (Lipinski definition) is 5. The van der Waals surface area contributed by atoms with Crippen molar-refractivity contribution in [3.63, 3.8) is 0 Å². The van der Waals surface area contributed by atoms with Crippen LogP contribution in [-0.2, 0) is 11.3 Å². The van der Waals surface area contributed by atoms with Crippen LogP contribution in [-0.4, -0.2) is 49.6 Å². The number of anilines is 2. The Labute approximate surface area is 233 Å². The summed E-state index contributed by atoms with van der Waals surface area (Å²) in [6.07, 6.45) is 0. The van der Waals surface area contributed by atoms with Crippen LogP contribution in [0.5, 0.6) is 0 Å². The van der Waals surface area contributed by atoms with Gasteiger partial charge in [0, 0.05) is 39.9 Å². The van der Waals surface area contributed by atoms with Crippen molar-refractivity contribution >= 4 is 68.4 Å². The number of ether oxygens (including phenoxy) is 1. The third kappa shape index (κ3) is 6.73. The number of halogens is 2. The predicted octanol–water partition coefficient (Wildman–Crippen LogP) is 5.65. The van der Waals surface area contributed by atoms with Crippen molar-refractivity contribution in [1.82, 2.24) is 4.90 Å². The Hall–Kier alpha value is -2.18. The van der Waals surface area contributed by atoms with E-state index in [9.17, 15) is 9.59 Å². The maximum absolute atomic E-state index is 13.2. The Morgan fingerprint density at radius 1 is 0.943 bits per heavy atom. The normalized spacial score (nSPS) is 14.0. The number of piperazine rings is 1. The molecule has 1 N–H and O–H groups in total. The first kappa shape index (κ1) is 25.9. The van der Waals surface area contributed by atoms with Gasteiger partial charge in [0.2, 0.25) is 0 Å². The summed E-state index contributed by atoms with van der Waals surface area (Å²) in [5, 5.41) is 3.07. The summed E-state index contributed by atoms with van der Waals surface area (Å²) in [4.78, 5) is 30.3. The second-order valence-electron chi connectivity index (χ2n) is 8.28. The third-order valence-corrected chi connectivity index (χ3v) is 7.50. The van der Waals surface area contributed by atoms with Crippen LogP contribution in [0.3, 0.4) is 0 Å². The number of benzene rings is 3. The maximum atomic E-state index is 13.2. The van der Waals surface area contributed by atoms with Crippen LogP contribution in [0, 0.1) is 7.14 Å². The molecule has 0 spiro atoms. The van der Waals surface area contributed by atoms with Gasteiger partial charge in [-0.15, -0.1) is 0 Å². The van der Waals surface area contributed by atoms with E-state index in [0.29, 0.717) is 23.4 Å². The van der Waals surface area contributed by atoms with Gasteiger partial charge in [-0.1, -0.05) is 30.3 Å². The van der Waals surface area contributed by atoms with Crippen molar-refractivity contribution in [2.75, 3.05) is 43.0 Å². The van der Waals surface area contributed by atoms with Gasteiger partial charge in [-0.05, 0) is 94.1 Å². The van der Waals surface area contributed by atoms with Crippen LogP contribution >= 0.6 is 45.2 Å². The van der Waals surface area contributed by atoms with Crippen molar-refractivity contribution in [2.45, 2.75) is 13.5 Å². The largest absolute Gasteiger partial charge is 0.462 e. The zero-order valence-corrected chi connectivity index (χ0v) is 23.8. The van der Waals surface area contributed by atoms with Gasteiger partial charge in [-0.25, -0.2) is 4.79 Å². The molecule has 1 fully saturated rings. The Morgan fingerprint density at radius 3 is 2.40 bits per heavy atom. The molecule has 3 aromatic rings. The van der Waals surface area contributed by atoms with E-state index in [1.807, 2.05) is 30.3 Å². The van der Waals surface area contributed by atoms with Crippen LogP contribution < -0.4 is 10.2 Å². The molecule has 0 aliphatic carbocycles. The van der Waals surface area contributed by atoms with Crippen molar-refractivity contribution in [3.8, 4) is 0 Å². The van der Waals surface area contributed by atoms with Crippen molar-refractivity contribution in [1.29, 1.82) is 0 Å². The molecule has 6 nitrogen and oxygen atoms in total. The molecule has 0 unspecified atom stereocenters. The number of carbonyl (C=O) groups excluding carboxylic acids is 2. The van der Waals surface area contributed by atoms with Crippen LogP contribution in [0.1, 0.15) is 33.2 Å². The molecule has 3 aromatic carbocycles. The van der Waals surface area contributed by atoms with Gasteiger partial charge < -0.3 is 15.0 Å². The molecule has 0 aromatic heterocycles. The van der Waals surface area contributed by atoms with Crippen LogP contribution in [0.2, 0.25) is 0 Å². The van der Waals surface area contributed by atoms with Gasteiger partial charge in [0.1, 0.15) is 0 Å². The molecule has 8 heteroatoms. The minimum Gasteiger partial charge on any atom is -0.462 e. The molecule has 1 heterocycles. The molecular formula is C27H27I2N3O3. The fourth-order valence-corrected chi connectivity index (χ4v) is 5.17. The van der Waals surface area contributed by atoms with Crippen LogP contribution in [0.4, 0.5) is 11.4 Å². The summed E-state index contributed by atoms with van der Waals surface area (Å²) < 4.78 is 7.05. The molecule has 1 aliphatic heterocycles. The standard InChI is InChI=1S/C27H27I2N3O3/c1-2-35-27(34)20-8-11-25(24(16-20)30-26(33)22-17-21(28)9-10-23(22)29)32-14-12-31(13-15-32)18-19-6-4-3-5-7-19/h3-11,16-17H,2,12-15,18H2,1H3,(H,30,33). The van der Waals surface area contributed by atoms with Crippen molar-refractivity contribution < 1.29 is 14.3 Å². The van der Waals surface area contributed by atoms with Gasteiger partial charge in [0.05, 0.1) is 29.1 Å². The van der Waals surface area contributed by atoms with E-state index in [4.69, 9.17) is 4.74 Å². The Balaban J connectivity index is 1.55. The molecule has 0 radical (unpaired) electrons. The number of esters is 1. The second-order valence-corrected chi connectivity index (χ2v) is 10.7. The molecule has 1 saturated heterocycles. The summed E-state index contributed by atoms with van der Waals surface area (Å²) in [5.74, 6) is -0.594. The third-order valence-electron chi connectivity index (χ3n) is 5.89. The first-order valence-corrected chi connectivity index (χ1v) is 13.7. The number of rotatable bonds is 7. The van der Waals surface area contributed by atoms with Gasteiger partial charge in [0.15, 0.2) is 0 Å². The summed E-state index contributed by atoms with van der Waals surface area (Å²) in [5.41, 5.74) is 3.86. The van der Waals surface area contributed by atoms with Crippen LogP contribution in [0.25, 0.3) is 0 Å². The van der Waals surface area contributed by atoms with E-state index in [0.717, 1.165) is 45.6 Å². The highest BCUT2D eigenvalue weighted by atomic mass is 127. The number of hydrogen-bond donors (Lipinski definition) is 1. The fourth-order valence-electron chi connectivity index (χ4n) is 4.10. The molecule has 182 valence electrons. The summed E-state index contributed by atoms with van der Waals surface area (Å²) in [6.45, 7) is 6.48. The number of amides is 1. The fraction of sp³-hybridized carbons (Fsp3) is 0.259. The average molecular weight is 695 g/mol. The van der Waals surface area contributed by atoms with E-state index in [2.05, 4.69) is 84.6 Å². The lowest BCUT2D eigenvalue weighted by Gasteiger charge is -2.37. The summed E-state index contributed by atoms with van der Waals surface area (Å²) >= 11 is 4.38. The highest BCUT2D eigenvalue weighted by Gasteiger charge is 2.22. The van der Waals surface area contributed by atoms with E-state index < -0.39 is 5.97 Å². The SMILES string of the molecule is CCOC(=O)c1ccc(N2CCN(Cc3ccccc3)CC2)c(NC(=O)c2cc(I)ccc2I)c1. The molecule has 35 heavy (non-hydrogen) atoms. The second kappa shape index (κ2) is 12.2. The smallest absolute Gasteiger partial charge is 0.338 e.